The molecule has 0 heterocycles. The van der Waals surface area contributed by atoms with Gasteiger partial charge in [-0.25, -0.2) is 0 Å². The van der Waals surface area contributed by atoms with Gasteiger partial charge in [-0.3, -0.25) is 0 Å². The summed E-state index contributed by atoms with van der Waals surface area (Å²) >= 11 is 0.0680. The van der Waals surface area contributed by atoms with Crippen molar-refractivity contribution < 1.29 is 13.2 Å². The van der Waals surface area contributed by atoms with Gasteiger partial charge in [-0.15, -0.1) is 0 Å². The molecule has 0 atom stereocenters. The van der Waals surface area contributed by atoms with Crippen molar-refractivity contribution in [3.63, 3.8) is 0 Å². The van der Waals surface area contributed by atoms with Gasteiger partial charge in [0.05, 0.1) is 0 Å². The number of alkyl halides is 3. The molecule has 0 bridgehead atoms. The maximum absolute atomic E-state index is 11.7. The number of hydrogen-bond donors (Lipinski definition) is 0. The minimum absolute atomic E-state index is 0.0680. The predicted molar refractivity (Wildman–Crippen MR) is 56.4 cm³/mol. The Morgan fingerprint density at radius 3 is 2.14 bits per heavy atom. The molecule has 0 spiro atoms. The fourth-order valence-corrected chi connectivity index (χ4v) is 1.49. The van der Waals surface area contributed by atoms with E-state index in [0.717, 1.165) is 25.7 Å². The highest BCUT2D eigenvalue weighted by Crippen LogP contribution is 2.30. The normalized spacial score (nSPS) is 12.6. The Labute approximate surface area is 88.0 Å². The lowest BCUT2D eigenvalue weighted by atomic mass is 10.2. The largest absolute Gasteiger partial charge is 0.441 e. The summed E-state index contributed by atoms with van der Waals surface area (Å²) in [5.74, 6) is 0.168. The highest BCUT2D eigenvalue weighted by atomic mass is 32.2. The Bertz CT molecular complexity index is 152. The summed E-state index contributed by atoms with van der Waals surface area (Å²) in [4.78, 5) is 0. The average molecular weight is 226 g/mol. The Kier molecular flexibility index (Phi) is 8.14. The minimum atomic E-state index is -4.06. The molecule has 0 aliphatic carbocycles. The monoisotopic (exact) mass is 226 g/mol. The molecule has 0 N–H and O–H groups in total. The van der Waals surface area contributed by atoms with E-state index < -0.39 is 5.51 Å². The molecule has 0 amide bonds. The van der Waals surface area contributed by atoms with Crippen LogP contribution in [0.2, 0.25) is 0 Å². The van der Waals surface area contributed by atoms with Crippen LogP contribution in [0.4, 0.5) is 13.2 Å². The number of unbranched alkanes of at least 4 members (excludes halogenated alkanes) is 3. The van der Waals surface area contributed by atoms with Gasteiger partial charge in [0.1, 0.15) is 0 Å². The van der Waals surface area contributed by atoms with Crippen LogP contribution in [-0.2, 0) is 0 Å². The number of thioether (sulfide) groups is 1. The van der Waals surface area contributed by atoms with Crippen molar-refractivity contribution in [1.29, 1.82) is 0 Å². The third-order valence-electron chi connectivity index (χ3n) is 1.67. The quantitative estimate of drug-likeness (QED) is 0.445. The van der Waals surface area contributed by atoms with Crippen LogP contribution >= 0.6 is 11.8 Å². The van der Waals surface area contributed by atoms with E-state index in [0.29, 0.717) is 6.42 Å². The van der Waals surface area contributed by atoms with Crippen molar-refractivity contribution >= 4 is 11.8 Å². The zero-order valence-corrected chi connectivity index (χ0v) is 9.26. The molecule has 0 fully saturated rings. The van der Waals surface area contributed by atoms with Crippen LogP contribution in [0.15, 0.2) is 12.2 Å². The second kappa shape index (κ2) is 8.21. The maximum atomic E-state index is 11.7. The molecule has 0 aliphatic heterocycles. The molecule has 0 saturated carbocycles. The van der Waals surface area contributed by atoms with Gasteiger partial charge in [0.25, 0.3) is 0 Å². The van der Waals surface area contributed by atoms with Gasteiger partial charge >= 0.3 is 5.51 Å². The highest BCUT2D eigenvalue weighted by Gasteiger charge is 2.26. The van der Waals surface area contributed by atoms with E-state index in [1.807, 2.05) is 6.08 Å². The van der Waals surface area contributed by atoms with Gasteiger partial charge in [0.2, 0.25) is 0 Å². The summed E-state index contributed by atoms with van der Waals surface area (Å²) in [7, 11) is 0. The molecule has 0 aliphatic rings. The molecule has 0 nitrogen and oxygen atoms in total. The third-order valence-corrected chi connectivity index (χ3v) is 2.49. The van der Waals surface area contributed by atoms with Crippen molar-refractivity contribution in [2.24, 2.45) is 0 Å². The summed E-state index contributed by atoms with van der Waals surface area (Å²) in [6.45, 7) is 2.12. The molecule has 0 aromatic heterocycles. The lowest BCUT2D eigenvalue weighted by Crippen LogP contribution is -2.00. The molecule has 0 aromatic carbocycles. The first kappa shape index (κ1) is 13.9. The molecule has 0 aromatic rings. The topological polar surface area (TPSA) is 0 Å². The Morgan fingerprint density at radius 2 is 1.64 bits per heavy atom. The van der Waals surface area contributed by atoms with E-state index in [-0.39, 0.29) is 17.5 Å². The Hall–Kier alpha value is -0.120. The smallest absolute Gasteiger partial charge is 0.160 e. The zero-order valence-electron chi connectivity index (χ0n) is 8.44. The van der Waals surface area contributed by atoms with E-state index >= 15 is 0 Å². The zero-order chi connectivity index (χ0) is 10.9. The first-order valence-corrected chi connectivity index (χ1v) is 5.90. The van der Waals surface area contributed by atoms with Crippen LogP contribution in [0, 0.1) is 0 Å². The molecule has 4 heteroatoms. The number of rotatable bonds is 7. The maximum Gasteiger partial charge on any atom is 0.441 e. The van der Waals surface area contributed by atoms with Gasteiger partial charge in [0, 0.05) is 5.75 Å². The number of allylic oxidation sites excluding steroid dienone is 2. The van der Waals surface area contributed by atoms with E-state index in [4.69, 9.17) is 0 Å². The van der Waals surface area contributed by atoms with Crippen LogP contribution in [0.5, 0.6) is 0 Å². The van der Waals surface area contributed by atoms with Crippen LogP contribution < -0.4 is 0 Å². The first-order valence-electron chi connectivity index (χ1n) is 4.92. The summed E-state index contributed by atoms with van der Waals surface area (Å²) in [6, 6.07) is 0. The summed E-state index contributed by atoms with van der Waals surface area (Å²) in [6.07, 6.45) is 8.76. The standard InChI is InChI=1S/C10H17F3S/c1-2-3-4-5-6-7-8-9-14-10(11,12)13/h5-6H,2-4,7-9H2,1H3. The fraction of sp³-hybridized carbons (Fsp3) is 0.800. The van der Waals surface area contributed by atoms with Gasteiger partial charge in [-0.05, 0) is 19.3 Å². The summed E-state index contributed by atoms with van der Waals surface area (Å²) in [5.41, 5.74) is -4.06. The van der Waals surface area contributed by atoms with Crippen LogP contribution in [0.3, 0.4) is 0 Å². The van der Waals surface area contributed by atoms with E-state index in [9.17, 15) is 13.2 Å². The van der Waals surface area contributed by atoms with Gasteiger partial charge < -0.3 is 0 Å². The van der Waals surface area contributed by atoms with Crippen molar-refractivity contribution in [3.05, 3.63) is 12.2 Å². The van der Waals surface area contributed by atoms with Crippen molar-refractivity contribution in [1.82, 2.24) is 0 Å². The van der Waals surface area contributed by atoms with Crippen molar-refractivity contribution in [2.45, 2.75) is 44.5 Å². The molecule has 0 rings (SSSR count). The van der Waals surface area contributed by atoms with Crippen molar-refractivity contribution in [2.75, 3.05) is 5.75 Å². The SMILES string of the molecule is CCCCC=CCCCSC(F)(F)F. The third kappa shape index (κ3) is 11.9. The highest BCUT2D eigenvalue weighted by molar-refractivity contribution is 8.00. The van der Waals surface area contributed by atoms with E-state index in [2.05, 4.69) is 13.0 Å². The number of hydrogen-bond acceptors (Lipinski definition) is 1. The lowest BCUT2D eigenvalue weighted by Gasteiger charge is -2.03. The van der Waals surface area contributed by atoms with Crippen LogP contribution in [0.1, 0.15) is 39.0 Å². The Balaban J connectivity index is 3.17. The lowest BCUT2D eigenvalue weighted by molar-refractivity contribution is -0.0327. The van der Waals surface area contributed by atoms with Crippen LogP contribution in [0.25, 0.3) is 0 Å². The minimum Gasteiger partial charge on any atom is -0.160 e. The molecule has 14 heavy (non-hydrogen) atoms. The molecule has 84 valence electrons. The average Bonchev–Trinajstić information content (AvgIpc) is 2.08. The van der Waals surface area contributed by atoms with Gasteiger partial charge in [-0.2, -0.15) is 13.2 Å². The summed E-state index contributed by atoms with van der Waals surface area (Å²) in [5, 5.41) is 0. The van der Waals surface area contributed by atoms with Crippen molar-refractivity contribution in [3.8, 4) is 0 Å². The number of halogens is 3. The second-order valence-corrected chi connectivity index (χ2v) is 4.21. The fourth-order valence-electron chi connectivity index (χ4n) is 0.947. The second-order valence-electron chi connectivity index (χ2n) is 3.05. The van der Waals surface area contributed by atoms with E-state index in [1.165, 1.54) is 0 Å². The van der Waals surface area contributed by atoms with E-state index in [1.54, 1.807) is 0 Å². The molecular weight excluding hydrogens is 209 g/mol. The molecular formula is C10H17F3S. The molecule has 0 radical (unpaired) electrons. The Morgan fingerprint density at radius 1 is 1.07 bits per heavy atom. The van der Waals surface area contributed by atoms with Gasteiger partial charge in [-0.1, -0.05) is 43.7 Å². The summed E-state index contributed by atoms with van der Waals surface area (Å²) < 4.78 is 35.0. The molecule has 0 unspecified atom stereocenters. The predicted octanol–water partition coefficient (Wildman–Crippen LogP) is 4.77. The van der Waals surface area contributed by atoms with Crippen LogP contribution in [-0.4, -0.2) is 11.3 Å². The first-order chi connectivity index (χ1) is 6.56. The van der Waals surface area contributed by atoms with Gasteiger partial charge in [0.15, 0.2) is 0 Å². The molecule has 0 saturated heterocycles.